The van der Waals surface area contributed by atoms with E-state index in [-0.39, 0.29) is 34.1 Å². The van der Waals surface area contributed by atoms with Crippen molar-refractivity contribution < 1.29 is 44.4 Å². The molecule has 4 heterocycles. The third-order valence-corrected chi connectivity index (χ3v) is 8.07. The van der Waals surface area contributed by atoms with Gasteiger partial charge in [0.2, 0.25) is 0 Å². The van der Waals surface area contributed by atoms with Crippen molar-refractivity contribution in [3.8, 4) is 47.5 Å². The van der Waals surface area contributed by atoms with Gasteiger partial charge in [-0.1, -0.05) is 144 Å². The molecule has 0 spiro atoms. The molecule has 354 valence electrons. The first-order chi connectivity index (χ1) is 33.2. The van der Waals surface area contributed by atoms with Gasteiger partial charge in [0.1, 0.15) is 0 Å². The van der Waals surface area contributed by atoms with Crippen LogP contribution < -0.4 is 0 Å². The normalized spacial score (nSPS) is 8.29. The van der Waals surface area contributed by atoms with Gasteiger partial charge in [0, 0.05) is 59.1 Å². The van der Waals surface area contributed by atoms with Gasteiger partial charge in [-0.05, 0) is 120 Å². The predicted molar refractivity (Wildman–Crippen MR) is 272 cm³/mol. The molecule has 0 aliphatic carbocycles. The minimum atomic E-state index is 0. The summed E-state index contributed by atoms with van der Waals surface area (Å²) in [4.78, 5) is 16.7. The van der Waals surface area contributed by atoms with Crippen LogP contribution in [0, 0.1) is 45.8 Å². The molecular weight excluding hydrogens is 1050 g/mol. The minimum Gasteiger partial charge on any atom is -0.494 e. The molecule has 0 unspecified atom stereocenters. The zero-order chi connectivity index (χ0) is 50.0. The van der Waals surface area contributed by atoms with Crippen LogP contribution in [-0.4, -0.2) is 44.4 Å². The molecule has 0 bridgehead atoms. The molecule has 2 N–H and O–H groups in total. The summed E-state index contributed by atoms with van der Waals surface area (Å²) in [6, 6.07) is 50.5. The monoisotopic (exact) mass is 1090 g/mol. The van der Waals surface area contributed by atoms with Crippen LogP contribution in [0.4, 0.5) is 22.7 Å². The smallest absolute Gasteiger partial charge is 0.494 e. The Balaban J connectivity index is 0. The molecule has 2 radical (unpaired) electrons. The number of hydrogen-bond donors (Lipinski definition) is 2. The number of rotatable bonds is 6. The molecule has 8 rings (SSSR count). The van der Waals surface area contributed by atoms with Gasteiger partial charge in [0.05, 0.1) is 22.8 Å². The van der Waals surface area contributed by atoms with Crippen molar-refractivity contribution in [3.63, 3.8) is 0 Å². The van der Waals surface area contributed by atoms with Gasteiger partial charge in [0.15, 0.2) is 0 Å². The summed E-state index contributed by atoms with van der Waals surface area (Å²) in [5.74, 6) is 0. The largest absolute Gasteiger partial charge is 2.00 e. The molecule has 0 fully saturated rings. The average Bonchev–Trinajstić information content (AvgIpc) is 3.38. The van der Waals surface area contributed by atoms with E-state index < -0.39 is 0 Å². The number of nitrogens with zero attached hydrogens (tertiary/aromatic N) is 12. The molecule has 0 saturated carbocycles. The van der Waals surface area contributed by atoms with E-state index in [1.165, 1.54) is 0 Å². The van der Waals surface area contributed by atoms with E-state index in [1.807, 2.05) is 72.8 Å². The van der Waals surface area contributed by atoms with E-state index in [0.29, 0.717) is 42.8 Å². The Hall–Kier alpha value is -7.24. The topological polar surface area (TPSA) is 244 Å². The van der Waals surface area contributed by atoms with Gasteiger partial charge in [-0.15, -0.1) is 0 Å². The number of aliphatic hydroxyl groups is 2. The van der Waals surface area contributed by atoms with Gasteiger partial charge in [-0.25, -0.2) is 0 Å². The zero-order valence-corrected chi connectivity index (χ0v) is 42.4. The molecular formula is C50H40Cl4Mn2N12O2. The molecule has 0 aliphatic heterocycles. The summed E-state index contributed by atoms with van der Waals surface area (Å²) < 4.78 is 0. The van der Waals surface area contributed by atoms with Crippen LogP contribution in [0.1, 0.15) is 0 Å². The number of benzene rings is 4. The van der Waals surface area contributed by atoms with Crippen molar-refractivity contribution in [2.45, 2.75) is 0 Å². The Morgan fingerprint density at radius 2 is 0.529 bits per heavy atom. The summed E-state index contributed by atoms with van der Waals surface area (Å²) in [5.41, 5.74) is 6.03. The number of halogens is 4. The van der Waals surface area contributed by atoms with E-state index in [1.54, 1.807) is 147 Å². The number of hydrogen-bond acceptors (Lipinski definition) is 10. The van der Waals surface area contributed by atoms with Gasteiger partial charge >= 0.3 is 34.1 Å². The minimum absolute atomic E-state index is 0. The Kier molecular flexibility index (Phi) is 39.9. The first-order valence-electron chi connectivity index (χ1n) is 19.2. The third kappa shape index (κ3) is 30.2. The van der Waals surface area contributed by atoms with E-state index in [0.717, 1.165) is 37.0 Å². The summed E-state index contributed by atoms with van der Waals surface area (Å²) in [5, 5.41) is 62.9. The molecule has 4 aromatic carbocycles. The van der Waals surface area contributed by atoms with Crippen molar-refractivity contribution in [1.82, 2.24) is 19.9 Å². The second-order valence-electron chi connectivity index (χ2n) is 11.6. The molecule has 4 aromatic heterocycles. The van der Waals surface area contributed by atoms with Crippen LogP contribution >= 0.6 is 46.4 Å². The van der Waals surface area contributed by atoms with Crippen LogP contribution in [0.3, 0.4) is 0 Å². The Bertz CT molecular complexity index is 2370. The van der Waals surface area contributed by atoms with Crippen LogP contribution in [-0.2, 0) is 34.1 Å². The maximum Gasteiger partial charge on any atom is 2.00 e. The second kappa shape index (κ2) is 43.1. The molecule has 20 heteroatoms. The van der Waals surface area contributed by atoms with Crippen LogP contribution in [0.5, 0.6) is 0 Å². The molecule has 0 atom stereocenters. The fourth-order valence-corrected chi connectivity index (χ4v) is 5.21. The number of aromatic nitrogens is 4. The molecule has 0 amide bonds. The van der Waals surface area contributed by atoms with Crippen molar-refractivity contribution in [1.29, 1.82) is 21.0 Å². The molecule has 70 heavy (non-hydrogen) atoms. The number of pyridine rings is 4. The van der Waals surface area contributed by atoms with Gasteiger partial charge in [0.25, 0.3) is 0 Å². The summed E-state index contributed by atoms with van der Waals surface area (Å²) >= 11 is 22.4. The quantitative estimate of drug-likeness (QED) is 0.118. The van der Waals surface area contributed by atoms with E-state index >= 15 is 0 Å². The van der Waals surface area contributed by atoms with Crippen molar-refractivity contribution in [2.24, 2.45) is 0 Å². The predicted octanol–water partition coefficient (Wildman–Crippen LogP) is 14.8. The van der Waals surface area contributed by atoms with Crippen molar-refractivity contribution in [2.75, 3.05) is 14.2 Å². The SMILES string of the molecule is CO.CO.N#C[N-]c1cccc(Cl)c1.N#C[N-]c1cccc(Cl)c1.N#C[N-]c1cccc(Cl)c1.N#C[N-]c1cccc(Cl)c1.[Mn+2].[Mn+2].c1ccc(-c2ccccn2)nc1.c1ccc(-c2ccccn2)nc1. The maximum atomic E-state index is 8.15. The fourth-order valence-electron chi connectivity index (χ4n) is 4.47. The average molecular weight is 1090 g/mol. The van der Waals surface area contributed by atoms with Crippen LogP contribution in [0.25, 0.3) is 44.0 Å². The van der Waals surface area contributed by atoms with Gasteiger partial charge < -0.3 is 52.5 Å². The summed E-state index contributed by atoms with van der Waals surface area (Å²) in [6.45, 7) is 0. The first-order valence-corrected chi connectivity index (χ1v) is 20.7. The van der Waals surface area contributed by atoms with Crippen LogP contribution in [0.15, 0.2) is 195 Å². The molecule has 8 aromatic rings. The molecule has 14 nitrogen and oxygen atoms in total. The maximum absolute atomic E-state index is 8.15. The van der Waals surface area contributed by atoms with E-state index in [9.17, 15) is 0 Å². The zero-order valence-electron chi connectivity index (χ0n) is 37.0. The van der Waals surface area contributed by atoms with Gasteiger partial charge in [-0.2, -0.15) is 0 Å². The van der Waals surface area contributed by atoms with E-state index in [2.05, 4.69) is 41.2 Å². The second-order valence-corrected chi connectivity index (χ2v) is 13.4. The van der Waals surface area contributed by atoms with E-state index in [4.69, 9.17) is 77.7 Å². The van der Waals surface area contributed by atoms with Gasteiger partial charge in [-0.3, -0.25) is 19.9 Å². The summed E-state index contributed by atoms with van der Waals surface area (Å²) in [7, 11) is 2.00. The summed E-state index contributed by atoms with van der Waals surface area (Å²) in [6.07, 6.45) is 13.8. The van der Waals surface area contributed by atoms with Crippen molar-refractivity contribution >= 4 is 69.2 Å². The Morgan fingerprint density at radius 3 is 0.671 bits per heavy atom. The third-order valence-electron chi connectivity index (χ3n) is 7.13. The first kappa shape index (κ1) is 64.8. The Morgan fingerprint density at radius 1 is 0.329 bits per heavy atom. The fraction of sp³-hybridized carbons (Fsp3) is 0.0400. The number of nitriles is 4. The number of aliphatic hydroxyl groups excluding tert-OH is 2. The standard InChI is InChI=1S/2C10H8N2.4C7H4ClN2.2CH4O.2Mn/c2*1-3-7-11-9(5-1)10-6-2-4-8-12-10;4*8-6-2-1-3-7(4-6)10-5-9;2*1-2;;/h2*1-8H;4*1-4H;2*2H,1H3;;/q;;4*-1;;;2*+2. The molecule has 0 aliphatic rings. The van der Waals surface area contributed by atoms with Crippen LogP contribution in [0.2, 0.25) is 20.1 Å². The molecule has 0 saturated heterocycles. The Labute approximate surface area is 449 Å². The van der Waals surface area contributed by atoms with Crippen molar-refractivity contribution in [3.05, 3.63) is 236 Å².